The predicted octanol–water partition coefficient (Wildman–Crippen LogP) is 4.82. The van der Waals surface area contributed by atoms with Gasteiger partial charge in [0.1, 0.15) is 10.4 Å². The fourth-order valence-corrected chi connectivity index (χ4v) is 4.97. The Labute approximate surface area is 199 Å². The van der Waals surface area contributed by atoms with Crippen molar-refractivity contribution in [1.82, 2.24) is 30.2 Å². The molecule has 2 aromatic carbocycles. The Bertz CT molecular complexity index is 1450. The second-order valence-corrected chi connectivity index (χ2v) is 9.16. The largest absolute Gasteiger partial charge is 0.477 e. The van der Waals surface area contributed by atoms with Gasteiger partial charge >= 0.3 is 5.97 Å². The third-order valence-electron chi connectivity index (χ3n) is 5.63. The molecule has 10 heteroatoms. The van der Waals surface area contributed by atoms with Crippen LogP contribution >= 0.6 is 11.3 Å². The Morgan fingerprint density at radius 3 is 2.59 bits per heavy atom. The first-order valence-corrected chi connectivity index (χ1v) is 11.8. The van der Waals surface area contributed by atoms with E-state index < -0.39 is 5.97 Å². The molecular weight excluding hydrogens is 450 g/mol. The zero-order valence-corrected chi connectivity index (χ0v) is 19.6. The lowest BCUT2D eigenvalue weighted by molar-refractivity contribution is 0.0703. The minimum absolute atomic E-state index is 0.316. The molecule has 3 N–H and O–H groups in total. The average molecular weight is 474 g/mol. The van der Waals surface area contributed by atoms with Crippen LogP contribution in [0.4, 0.5) is 5.95 Å². The van der Waals surface area contributed by atoms with E-state index in [1.165, 1.54) is 11.3 Å². The molecule has 0 atom stereocenters. The number of nitrogens with one attached hydrogen (secondary N) is 2. The van der Waals surface area contributed by atoms with E-state index in [0.717, 1.165) is 45.6 Å². The summed E-state index contributed by atoms with van der Waals surface area (Å²) in [5.74, 6) is 0.374. The van der Waals surface area contributed by atoms with Crippen molar-refractivity contribution in [2.45, 2.75) is 26.8 Å². The normalized spacial score (nSPS) is 11.2. The van der Waals surface area contributed by atoms with Crippen molar-refractivity contribution < 1.29 is 9.90 Å². The van der Waals surface area contributed by atoms with Crippen molar-refractivity contribution in [3.05, 3.63) is 63.8 Å². The molecule has 9 nitrogen and oxygen atoms in total. The first-order valence-electron chi connectivity index (χ1n) is 11.0. The van der Waals surface area contributed by atoms with Crippen LogP contribution < -0.4 is 5.32 Å². The molecule has 0 amide bonds. The fourth-order valence-electron chi connectivity index (χ4n) is 4.04. The van der Waals surface area contributed by atoms with Crippen LogP contribution in [0.1, 0.15) is 33.5 Å². The zero-order chi connectivity index (χ0) is 23.7. The van der Waals surface area contributed by atoms with Crippen molar-refractivity contribution in [1.29, 1.82) is 0 Å². The van der Waals surface area contributed by atoms with E-state index in [2.05, 4.69) is 57.1 Å². The molecule has 0 fully saturated rings. The maximum absolute atomic E-state index is 11.9. The lowest BCUT2D eigenvalue weighted by Gasteiger charge is -2.12. The minimum atomic E-state index is -0.930. The van der Waals surface area contributed by atoms with Gasteiger partial charge in [-0.25, -0.2) is 14.9 Å². The number of imidazole rings is 1. The number of nitrogens with zero attached hydrogens (tertiary/aromatic N) is 5. The van der Waals surface area contributed by atoms with E-state index in [1.54, 1.807) is 0 Å². The van der Waals surface area contributed by atoms with Gasteiger partial charge in [0.2, 0.25) is 5.95 Å². The van der Waals surface area contributed by atoms with Crippen LogP contribution in [0.3, 0.4) is 0 Å². The second kappa shape index (κ2) is 9.06. The number of hydrogen-bond donors (Lipinski definition) is 3. The number of H-pyrrole nitrogens is 1. The first-order chi connectivity index (χ1) is 16.6. The Hall–Kier alpha value is -4.05. The van der Waals surface area contributed by atoms with Gasteiger partial charge in [0.25, 0.3) is 0 Å². The van der Waals surface area contributed by atoms with Gasteiger partial charge in [-0.1, -0.05) is 55.5 Å². The molecule has 0 radical (unpaired) electrons. The molecule has 3 heterocycles. The van der Waals surface area contributed by atoms with Crippen molar-refractivity contribution >= 4 is 34.3 Å². The number of aromatic amines is 1. The molecule has 0 aliphatic heterocycles. The number of tetrazole rings is 1. The smallest absolute Gasteiger partial charge is 0.348 e. The number of aromatic carboxylic acids is 1. The Morgan fingerprint density at radius 1 is 1.15 bits per heavy atom. The second-order valence-electron chi connectivity index (χ2n) is 7.93. The molecule has 0 bridgehead atoms. The van der Waals surface area contributed by atoms with E-state index in [-0.39, 0.29) is 0 Å². The highest BCUT2D eigenvalue weighted by molar-refractivity contribution is 7.15. The van der Waals surface area contributed by atoms with Gasteiger partial charge in [-0.05, 0) is 40.5 Å². The number of rotatable bonds is 8. The number of aromatic nitrogens is 6. The molecule has 172 valence electrons. The van der Waals surface area contributed by atoms with Gasteiger partial charge in [0.05, 0.1) is 12.1 Å². The average Bonchev–Trinajstić information content (AvgIpc) is 3.57. The quantitative estimate of drug-likeness (QED) is 0.295. The van der Waals surface area contributed by atoms with Gasteiger partial charge in [-0.15, -0.1) is 16.4 Å². The summed E-state index contributed by atoms with van der Waals surface area (Å²) in [6.45, 7) is 5.27. The fraction of sp³-hybridized carbons (Fsp3) is 0.208. The third-order valence-corrected chi connectivity index (χ3v) is 6.70. The van der Waals surface area contributed by atoms with Gasteiger partial charge < -0.3 is 15.0 Å². The molecule has 5 rings (SSSR count). The predicted molar refractivity (Wildman–Crippen MR) is 132 cm³/mol. The topological polar surface area (TPSA) is 122 Å². The number of anilines is 1. The zero-order valence-electron chi connectivity index (χ0n) is 18.7. The summed E-state index contributed by atoms with van der Waals surface area (Å²) >= 11 is 1.27. The van der Waals surface area contributed by atoms with E-state index >= 15 is 0 Å². The Kier molecular flexibility index (Phi) is 5.81. The van der Waals surface area contributed by atoms with Crippen LogP contribution in [0.25, 0.3) is 33.5 Å². The van der Waals surface area contributed by atoms with Crippen molar-refractivity contribution in [3.63, 3.8) is 0 Å². The molecule has 0 saturated carbocycles. The number of carboxylic acid groups (broad SMARTS) is 1. The van der Waals surface area contributed by atoms with Crippen LogP contribution in [0.2, 0.25) is 0 Å². The van der Waals surface area contributed by atoms with Gasteiger partial charge in [-0.3, -0.25) is 0 Å². The van der Waals surface area contributed by atoms with E-state index in [9.17, 15) is 9.90 Å². The molecular formula is C24H23N7O2S. The van der Waals surface area contributed by atoms with Gasteiger partial charge in [0.15, 0.2) is 5.82 Å². The maximum Gasteiger partial charge on any atom is 0.348 e. The monoisotopic (exact) mass is 473 g/mol. The minimum Gasteiger partial charge on any atom is -0.477 e. The number of carbonyl (C=O) groups is 1. The number of aryl methyl sites for hydroxylation is 1. The van der Waals surface area contributed by atoms with Gasteiger partial charge in [0, 0.05) is 17.0 Å². The Balaban J connectivity index is 1.52. The molecule has 0 spiro atoms. The van der Waals surface area contributed by atoms with Crippen LogP contribution in [0.15, 0.2) is 48.5 Å². The van der Waals surface area contributed by atoms with Crippen LogP contribution in [0, 0.1) is 6.92 Å². The van der Waals surface area contributed by atoms with Crippen molar-refractivity contribution in [2.24, 2.45) is 0 Å². The lowest BCUT2D eigenvalue weighted by atomic mass is 9.98. The highest BCUT2D eigenvalue weighted by Crippen LogP contribution is 2.34. The molecule has 0 unspecified atom stereocenters. The lowest BCUT2D eigenvalue weighted by Crippen LogP contribution is -2.10. The first kappa shape index (κ1) is 21.8. The summed E-state index contributed by atoms with van der Waals surface area (Å²) in [5.41, 5.74) is 5.43. The number of hydrogen-bond acceptors (Lipinski definition) is 7. The summed E-state index contributed by atoms with van der Waals surface area (Å²) in [7, 11) is 0. The molecule has 5 aromatic rings. The number of benzene rings is 2. The summed E-state index contributed by atoms with van der Waals surface area (Å²) in [5, 5.41) is 27.4. The molecule has 0 saturated heterocycles. The summed E-state index contributed by atoms with van der Waals surface area (Å²) in [4.78, 5) is 17.9. The number of fused-ring (bicyclic) bond motifs is 1. The Morgan fingerprint density at radius 2 is 1.91 bits per heavy atom. The maximum atomic E-state index is 11.9. The van der Waals surface area contributed by atoms with E-state index in [1.807, 2.05) is 35.8 Å². The third kappa shape index (κ3) is 3.92. The SMILES string of the molecule is CCCNc1nc2c(C)sc(C(=O)O)c2n1Cc1ccc(-c2ccccc2-c2nnn[nH]2)cc1. The van der Waals surface area contributed by atoms with Crippen LogP contribution in [-0.2, 0) is 6.54 Å². The number of carboxylic acids is 1. The van der Waals surface area contributed by atoms with Crippen molar-refractivity contribution in [3.8, 4) is 22.5 Å². The molecule has 3 aromatic heterocycles. The van der Waals surface area contributed by atoms with E-state index in [4.69, 9.17) is 4.98 Å². The van der Waals surface area contributed by atoms with Crippen LogP contribution in [-0.4, -0.2) is 47.8 Å². The van der Waals surface area contributed by atoms with Gasteiger partial charge in [-0.2, -0.15) is 0 Å². The van der Waals surface area contributed by atoms with Crippen molar-refractivity contribution in [2.75, 3.05) is 11.9 Å². The summed E-state index contributed by atoms with van der Waals surface area (Å²) in [6, 6.07) is 16.2. The number of thiophene rings is 1. The highest BCUT2D eigenvalue weighted by Gasteiger charge is 2.23. The summed E-state index contributed by atoms with van der Waals surface area (Å²) < 4.78 is 1.97. The molecule has 0 aliphatic rings. The van der Waals surface area contributed by atoms with Crippen LogP contribution in [0.5, 0.6) is 0 Å². The summed E-state index contributed by atoms with van der Waals surface area (Å²) in [6.07, 6.45) is 0.944. The highest BCUT2D eigenvalue weighted by atomic mass is 32.1. The van der Waals surface area contributed by atoms with E-state index in [0.29, 0.717) is 28.7 Å². The molecule has 0 aliphatic carbocycles. The molecule has 34 heavy (non-hydrogen) atoms. The standard InChI is InChI=1S/C24H23N7O2S/c1-3-12-25-24-26-19-14(2)34-21(23(32)33)20(19)31(24)13-15-8-10-16(11-9-15)17-6-4-5-7-18(17)22-27-29-30-28-22/h4-11H,3,12-13H2,1-2H3,(H,25,26)(H,32,33)(H,27,28,29,30).